The predicted molar refractivity (Wildman–Crippen MR) is 121 cm³/mol. The zero-order valence-electron chi connectivity index (χ0n) is 16.5. The van der Waals surface area contributed by atoms with Crippen LogP contribution >= 0.6 is 23.1 Å². The Morgan fingerprint density at radius 2 is 2.00 bits per heavy atom. The maximum Gasteiger partial charge on any atom is 0.244 e. The number of hydrogen-bond donors (Lipinski definition) is 1. The van der Waals surface area contributed by atoms with Crippen molar-refractivity contribution in [2.45, 2.75) is 36.1 Å². The number of thiazole rings is 1. The fraction of sp³-hybridized carbons (Fsp3) is 0.350. The molecule has 158 valence electrons. The Balaban J connectivity index is 1.34. The lowest BCUT2D eigenvalue weighted by Gasteiger charge is -2.25. The van der Waals surface area contributed by atoms with Crippen LogP contribution in [0.2, 0.25) is 0 Å². The molecule has 0 radical (unpaired) electrons. The number of aryl methyl sites for hydroxylation is 1. The molecule has 0 aliphatic carbocycles. The van der Waals surface area contributed by atoms with Gasteiger partial charge in [-0.2, -0.15) is 4.31 Å². The van der Waals surface area contributed by atoms with Crippen molar-refractivity contribution in [3.8, 4) is 0 Å². The van der Waals surface area contributed by atoms with Gasteiger partial charge in [-0.1, -0.05) is 35.6 Å². The van der Waals surface area contributed by atoms with Crippen molar-refractivity contribution in [3.63, 3.8) is 0 Å². The summed E-state index contributed by atoms with van der Waals surface area (Å²) in [6.45, 7) is 3.14. The average molecular weight is 463 g/mol. The number of thioether (sulfide) groups is 1. The average Bonchev–Trinajstić information content (AvgIpc) is 3.14. The van der Waals surface area contributed by atoms with Crippen LogP contribution in [0.3, 0.4) is 0 Å². The number of aromatic nitrogens is 2. The van der Waals surface area contributed by atoms with Crippen LogP contribution in [0, 0.1) is 6.92 Å². The Bertz CT molecular complexity index is 1150. The van der Waals surface area contributed by atoms with Gasteiger partial charge in [0.2, 0.25) is 15.9 Å². The molecule has 7 nitrogen and oxygen atoms in total. The van der Waals surface area contributed by atoms with E-state index >= 15 is 0 Å². The van der Waals surface area contributed by atoms with Gasteiger partial charge in [-0.15, -0.1) is 0 Å². The Labute approximate surface area is 184 Å². The van der Waals surface area contributed by atoms with Crippen LogP contribution in [0.25, 0.3) is 10.2 Å². The van der Waals surface area contributed by atoms with E-state index in [2.05, 4.69) is 15.3 Å². The fourth-order valence-electron chi connectivity index (χ4n) is 3.24. The number of nitrogens with one attached hydrogen (secondary N) is 1. The molecule has 3 heterocycles. The largest absolute Gasteiger partial charge is 0.301 e. The highest BCUT2D eigenvalue weighted by molar-refractivity contribution is 7.99. The minimum atomic E-state index is -3.49. The van der Waals surface area contributed by atoms with Gasteiger partial charge in [0.1, 0.15) is 4.90 Å². The number of fused-ring (bicyclic) bond motifs is 1. The van der Waals surface area contributed by atoms with E-state index in [1.807, 2.05) is 25.1 Å². The van der Waals surface area contributed by atoms with Gasteiger partial charge in [-0.05, 0) is 49.6 Å². The number of sulfonamides is 1. The van der Waals surface area contributed by atoms with Gasteiger partial charge < -0.3 is 5.32 Å². The van der Waals surface area contributed by atoms with E-state index in [1.54, 1.807) is 12.1 Å². The van der Waals surface area contributed by atoms with Crippen molar-refractivity contribution in [2.75, 3.05) is 24.2 Å². The molecular formula is C20H22N4O3S3. The third-order valence-electron chi connectivity index (χ3n) is 4.80. The summed E-state index contributed by atoms with van der Waals surface area (Å²) >= 11 is 2.70. The van der Waals surface area contributed by atoms with Gasteiger partial charge in [0.05, 0.1) is 21.0 Å². The molecule has 1 saturated heterocycles. The van der Waals surface area contributed by atoms with Crippen molar-refractivity contribution < 1.29 is 13.2 Å². The number of amides is 1. The third kappa shape index (κ3) is 4.83. The summed E-state index contributed by atoms with van der Waals surface area (Å²) < 4.78 is 27.9. The number of benzene rings is 1. The van der Waals surface area contributed by atoms with Gasteiger partial charge in [0, 0.05) is 19.3 Å². The minimum absolute atomic E-state index is 0.167. The van der Waals surface area contributed by atoms with E-state index in [0.29, 0.717) is 23.2 Å². The second kappa shape index (κ2) is 9.01. The van der Waals surface area contributed by atoms with Crippen LogP contribution in [0.5, 0.6) is 0 Å². The summed E-state index contributed by atoms with van der Waals surface area (Å²) in [5.41, 5.74) is 2.01. The van der Waals surface area contributed by atoms with Gasteiger partial charge in [0.25, 0.3) is 0 Å². The molecule has 0 unspecified atom stereocenters. The van der Waals surface area contributed by atoms with Crippen LogP contribution in [0.15, 0.2) is 46.5 Å². The molecule has 1 fully saturated rings. The molecule has 10 heteroatoms. The van der Waals surface area contributed by atoms with Gasteiger partial charge in [-0.25, -0.2) is 18.4 Å². The van der Waals surface area contributed by atoms with E-state index in [4.69, 9.17) is 0 Å². The number of carbonyl (C=O) groups excluding carboxylic acids is 1. The summed E-state index contributed by atoms with van der Waals surface area (Å²) in [6, 6.07) is 9.18. The lowest BCUT2D eigenvalue weighted by Crippen LogP contribution is -2.35. The number of carbonyl (C=O) groups is 1. The second-order valence-electron chi connectivity index (χ2n) is 7.12. The molecule has 0 bridgehead atoms. The van der Waals surface area contributed by atoms with Gasteiger partial charge in [-0.3, -0.25) is 4.79 Å². The smallest absolute Gasteiger partial charge is 0.244 e. The molecule has 0 saturated carbocycles. The quantitative estimate of drug-likeness (QED) is 0.559. The van der Waals surface area contributed by atoms with E-state index in [-0.39, 0.29) is 16.6 Å². The van der Waals surface area contributed by atoms with Crippen molar-refractivity contribution in [3.05, 3.63) is 42.1 Å². The molecule has 1 aromatic carbocycles. The molecular weight excluding hydrogens is 440 g/mol. The molecule has 0 spiro atoms. The molecule has 3 aromatic rings. The van der Waals surface area contributed by atoms with Crippen LogP contribution in [0.1, 0.15) is 24.8 Å². The molecule has 30 heavy (non-hydrogen) atoms. The minimum Gasteiger partial charge on any atom is -0.301 e. The van der Waals surface area contributed by atoms with Crippen molar-refractivity contribution in [1.82, 2.24) is 14.3 Å². The highest BCUT2D eigenvalue weighted by atomic mass is 32.2. The molecule has 1 N–H and O–H groups in total. The Morgan fingerprint density at radius 1 is 1.20 bits per heavy atom. The molecule has 1 amide bonds. The summed E-state index contributed by atoms with van der Waals surface area (Å²) in [7, 11) is -3.49. The van der Waals surface area contributed by atoms with Crippen molar-refractivity contribution in [2.24, 2.45) is 0 Å². The Kier molecular flexibility index (Phi) is 6.37. The third-order valence-corrected chi connectivity index (χ3v) is 8.56. The topological polar surface area (TPSA) is 92.3 Å². The van der Waals surface area contributed by atoms with Crippen LogP contribution in [-0.4, -0.2) is 47.4 Å². The van der Waals surface area contributed by atoms with Crippen molar-refractivity contribution >= 4 is 54.4 Å². The van der Waals surface area contributed by atoms with Crippen LogP contribution in [-0.2, 0) is 14.8 Å². The van der Waals surface area contributed by atoms with Crippen molar-refractivity contribution in [1.29, 1.82) is 0 Å². The maximum atomic E-state index is 12.7. The first kappa shape index (κ1) is 21.2. The SMILES string of the molecule is Cc1ccc2nc(NC(=O)CSc3ccc(S(=O)(=O)N4CCCCC4)cn3)sc2c1. The summed E-state index contributed by atoms with van der Waals surface area (Å²) in [5.74, 6) is -0.0113. The molecule has 0 atom stereocenters. The summed E-state index contributed by atoms with van der Waals surface area (Å²) in [4.78, 5) is 21.1. The first-order valence-electron chi connectivity index (χ1n) is 9.68. The molecule has 1 aliphatic rings. The summed E-state index contributed by atoms with van der Waals surface area (Å²) in [5, 5.41) is 3.98. The van der Waals surface area contributed by atoms with Gasteiger partial charge >= 0.3 is 0 Å². The Morgan fingerprint density at radius 3 is 2.73 bits per heavy atom. The lowest BCUT2D eigenvalue weighted by molar-refractivity contribution is -0.113. The number of piperidine rings is 1. The number of anilines is 1. The first-order chi connectivity index (χ1) is 14.4. The predicted octanol–water partition coefficient (Wildman–Crippen LogP) is 3.91. The number of rotatable bonds is 6. The van der Waals surface area contributed by atoms with Crippen LogP contribution in [0.4, 0.5) is 5.13 Å². The fourth-order valence-corrected chi connectivity index (χ4v) is 6.33. The monoisotopic (exact) mass is 462 g/mol. The zero-order valence-corrected chi connectivity index (χ0v) is 18.9. The van der Waals surface area contributed by atoms with E-state index < -0.39 is 10.0 Å². The highest BCUT2D eigenvalue weighted by Gasteiger charge is 2.26. The second-order valence-corrected chi connectivity index (χ2v) is 11.1. The van der Waals surface area contributed by atoms with E-state index in [9.17, 15) is 13.2 Å². The number of hydrogen-bond acceptors (Lipinski definition) is 7. The summed E-state index contributed by atoms with van der Waals surface area (Å²) in [6.07, 6.45) is 4.23. The highest BCUT2D eigenvalue weighted by Crippen LogP contribution is 2.27. The lowest BCUT2D eigenvalue weighted by atomic mass is 10.2. The molecule has 4 rings (SSSR count). The standard InChI is InChI=1S/C20H22N4O3S3/c1-14-5-7-16-17(11-14)29-20(22-16)23-18(25)13-28-19-8-6-15(12-21-19)30(26,27)24-9-3-2-4-10-24/h5-8,11-12H,2-4,9-10,13H2,1H3,(H,22,23,25). The first-order valence-corrected chi connectivity index (χ1v) is 12.9. The van der Waals surface area contributed by atoms with Gasteiger partial charge in [0.15, 0.2) is 5.13 Å². The van der Waals surface area contributed by atoms with E-state index in [1.165, 1.54) is 33.6 Å². The number of pyridine rings is 1. The molecule has 2 aromatic heterocycles. The van der Waals surface area contributed by atoms with Crippen LogP contribution < -0.4 is 5.32 Å². The normalized spacial score (nSPS) is 15.4. The number of nitrogens with zero attached hydrogens (tertiary/aromatic N) is 3. The Hall–Kier alpha value is -2.01. The zero-order chi connectivity index (χ0) is 21.1. The van der Waals surface area contributed by atoms with E-state index in [0.717, 1.165) is 35.0 Å². The maximum absolute atomic E-state index is 12.7. The molecule has 1 aliphatic heterocycles.